The molecule has 2 atom stereocenters. The van der Waals surface area contributed by atoms with Gasteiger partial charge in [0.15, 0.2) is 0 Å². The largest absolute Gasteiger partial charge is 0.382 e. The van der Waals surface area contributed by atoms with Crippen LogP contribution in [0.4, 0.5) is 5.69 Å². The summed E-state index contributed by atoms with van der Waals surface area (Å²) in [5, 5.41) is 7.55. The SMILES string of the molecule is CC1OCCC1N(C)c1cccnc1C(=N)N. The van der Waals surface area contributed by atoms with Crippen molar-refractivity contribution >= 4 is 11.5 Å². The van der Waals surface area contributed by atoms with E-state index in [1.807, 2.05) is 19.2 Å². The number of anilines is 1. The number of nitrogens with zero attached hydrogens (tertiary/aromatic N) is 2. The molecule has 0 amide bonds. The van der Waals surface area contributed by atoms with E-state index < -0.39 is 0 Å². The molecular weight excluding hydrogens is 216 g/mol. The fraction of sp³-hybridized carbons (Fsp3) is 0.500. The number of pyridine rings is 1. The summed E-state index contributed by atoms with van der Waals surface area (Å²) in [7, 11) is 2.00. The maximum Gasteiger partial charge on any atom is 0.143 e. The molecule has 0 radical (unpaired) electrons. The van der Waals surface area contributed by atoms with Crippen LogP contribution in [0, 0.1) is 5.41 Å². The minimum absolute atomic E-state index is 0.000909. The molecule has 1 aliphatic heterocycles. The Bertz CT molecular complexity index is 421. The van der Waals surface area contributed by atoms with E-state index in [0.717, 1.165) is 18.7 Å². The minimum atomic E-state index is -0.000909. The van der Waals surface area contributed by atoms with Crippen LogP contribution in [0.5, 0.6) is 0 Å². The highest BCUT2D eigenvalue weighted by Gasteiger charge is 2.29. The minimum Gasteiger partial charge on any atom is -0.382 e. The summed E-state index contributed by atoms with van der Waals surface area (Å²) >= 11 is 0. The number of hydrogen-bond acceptors (Lipinski definition) is 4. The predicted octanol–water partition coefficient (Wildman–Crippen LogP) is 0.979. The van der Waals surface area contributed by atoms with E-state index in [4.69, 9.17) is 15.9 Å². The monoisotopic (exact) mass is 234 g/mol. The van der Waals surface area contributed by atoms with Crippen molar-refractivity contribution in [2.45, 2.75) is 25.5 Å². The van der Waals surface area contributed by atoms with Crippen molar-refractivity contribution < 1.29 is 4.74 Å². The molecule has 0 aromatic carbocycles. The van der Waals surface area contributed by atoms with E-state index in [2.05, 4.69) is 16.8 Å². The van der Waals surface area contributed by atoms with Gasteiger partial charge in [0.25, 0.3) is 0 Å². The van der Waals surface area contributed by atoms with Gasteiger partial charge in [-0.15, -0.1) is 0 Å². The van der Waals surface area contributed by atoms with Crippen LogP contribution in [0.1, 0.15) is 19.0 Å². The normalized spacial score (nSPS) is 23.6. The number of likely N-dealkylation sites (N-methyl/N-ethyl adjacent to an activating group) is 1. The molecule has 1 aromatic heterocycles. The average molecular weight is 234 g/mol. The Balaban J connectivity index is 2.30. The predicted molar refractivity (Wildman–Crippen MR) is 67.5 cm³/mol. The van der Waals surface area contributed by atoms with E-state index in [-0.39, 0.29) is 11.9 Å². The fourth-order valence-electron chi connectivity index (χ4n) is 2.30. The lowest BCUT2D eigenvalue weighted by Crippen LogP contribution is -2.38. The number of rotatable bonds is 3. The third-order valence-electron chi connectivity index (χ3n) is 3.26. The van der Waals surface area contributed by atoms with Crippen LogP contribution in [-0.4, -0.2) is 36.6 Å². The zero-order valence-electron chi connectivity index (χ0n) is 10.2. The Morgan fingerprint density at radius 2 is 2.41 bits per heavy atom. The molecule has 2 unspecified atom stereocenters. The van der Waals surface area contributed by atoms with Crippen LogP contribution in [0.3, 0.4) is 0 Å². The molecule has 0 bridgehead atoms. The molecule has 1 aromatic rings. The molecule has 2 heterocycles. The van der Waals surface area contributed by atoms with Crippen molar-refractivity contribution in [1.29, 1.82) is 5.41 Å². The molecular formula is C12H18N4O. The van der Waals surface area contributed by atoms with Gasteiger partial charge in [0.05, 0.1) is 17.8 Å². The number of amidine groups is 1. The smallest absolute Gasteiger partial charge is 0.143 e. The summed E-state index contributed by atoms with van der Waals surface area (Å²) in [6, 6.07) is 4.12. The number of nitrogens with one attached hydrogen (secondary N) is 1. The lowest BCUT2D eigenvalue weighted by atomic mass is 10.1. The van der Waals surface area contributed by atoms with Gasteiger partial charge < -0.3 is 15.4 Å². The summed E-state index contributed by atoms with van der Waals surface area (Å²) in [5.41, 5.74) is 6.98. The Labute approximate surface area is 101 Å². The van der Waals surface area contributed by atoms with Crippen LogP contribution in [0.2, 0.25) is 0 Å². The number of ether oxygens (including phenoxy) is 1. The van der Waals surface area contributed by atoms with Gasteiger partial charge in [-0.2, -0.15) is 0 Å². The maximum atomic E-state index is 7.55. The van der Waals surface area contributed by atoms with E-state index in [1.54, 1.807) is 6.20 Å². The Kier molecular flexibility index (Phi) is 3.28. The molecule has 92 valence electrons. The number of nitrogen functional groups attached to an aromatic ring is 1. The highest BCUT2D eigenvalue weighted by molar-refractivity contribution is 5.98. The fourth-order valence-corrected chi connectivity index (χ4v) is 2.30. The molecule has 0 saturated carbocycles. The number of aromatic nitrogens is 1. The first-order valence-corrected chi connectivity index (χ1v) is 5.75. The molecule has 1 fully saturated rings. The molecule has 2 rings (SSSR count). The van der Waals surface area contributed by atoms with Crippen LogP contribution in [-0.2, 0) is 4.74 Å². The molecule has 0 spiro atoms. The van der Waals surface area contributed by atoms with Crippen molar-refractivity contribution in [1.82, 2.24) is 4.98 Å². The van der Waals surface area contributed by atoms with Crippen molar-refractivity contribution in [3.63, 3.8) is 0 Å². The molecule has 1 aliphatic rings. The van der Waals surface area contributed by atoms with E-state index in [9.17, 15) is 0 Å². The average Bonchev–Trinajstić information content (AvgIpc) is 2.74. The summed E-state index contributed by atoms with van der Waals surface area (Å²) in [4.78, 5) is 6.28. The van der Waals surface area contributed by atoms with E-state index >= 15 is 0 Å². The topological polar surface area (TPSA) is 75.2 Å². The standard InChI is InChI=1S/C12H18N4O/c1-8-9(5-7-17-8)16(2)10-4-3-6-15-11(10)12(13)14/h3-4,6,8-9H,5,7H2,1-2H3,(H3,13,14). The van der Waals surface area contributed by atoms with Gasteiger partial charge in [-0.1, -0.05) is 0 Å². The molecule has 1 saturated heterocycles. The summed E-state index contributed by atoms with van der Waals surface area (Å²) in [6.07, 6.45) is 2.84. The second-order valence-corrected chi connectivity index (χ2v) is 4.33. The number of hydrogen-bond donors (Lipinski definition) is 2. The highest BCUT2D eigenvalue weighted by atomic mass is 16.5. The first-order valence-electron chi connectivity index (χ1n) is 5.75. The Morgan fingerprint density at radius 3 is 3.00 bits per heavy atom. The second-order valence-electron chi connectivity index (χ2n) is 4.33. The van der Waals surface area contributed by atoms with E-state index in [0.29, 0.717) is 11.7 Å². The quantitative estimate of drug-likeness (QED) is 0.604. The Hall–Kier alpha value is -1.62. The maximum absolute atomic E-state index is 7.55. The molecule has 0 aliphatic carbocycles. The zero-order valence-corrected chi connectivity index (χ0v) is 10.2. The highest BCUT2D eigenvalue weighted by Crippen LogP contribution is 2.25. The van der Waals surface area contributed by atoms with Crippen LogP contribution >= 0.6 is 0 Å². The van der Waals surface area contributed by atoms with Crippen molar-refractivity contribution in [2.75, 3.05) is 18.6 Å². The van der Waals surface area contributed by atoms with Crippen molar-refractivity contribution in [3.8, 4) is 0 Å². The first kappa shape index (κ1) is 11.9. The summed E-state index contributed by atoms with van der Waals surface area (Å²) in [6.45, 7) is 2.85. The first-order chi connectivity index (χ1) is 8.11. The van der Waals surface area contributed by atoms with Crippen LogP contribution < -0.4 is 10.6 Å². The number of nitrogens with two attached hydrogens (primary N) is 1. The van der Waals surface area contributed by atoms with Crippen molar-refractivity contribution in [3.05, 3.63) is 24.0 Å². The second kappa shape index (κ2) is 4.71. The van der Waals surface area contributed by atoms with Crippen LogP contribution in [0.25, 0.3) is 0 Å². The summed E-state index contributed by atoms with van der Waals surface area (Å²) < 4.78 is 5.56. The van der Waals surface area contributed by atoms with Crippen LogP contribution in [0.15, 0.2) is 18.3 Å². The van der Waals surface area contributed by atoms with Gasteiger partial charge in [-0.3, -0.25) is 10.4 Å². The molecule has 5 heteroatoms. The third kappa shape index (κ3) is 2.24. The van der Waals surface area contributed by atoms with Gasteiger partial charge in [-0.05, 0) is 25.5 Å². The molecule has 5 nitrogen and oxygen atoms in total. The van der Waals surface area contributed by atoms with Gasteiger partial charge in [0.1, 0.15) is 11.5 Å². The van der Waals surface area contributed by atoms with Gasteiger partial charge in [-0.25, -0.2) is 0 Å². The van der Waals surface area contributed by atoms with E-state index in [1.165, 1.54) is 0 Å². The molecule has 17 heavy (non-hydrogen) atoms. The summed E-state index contributed by atoms with van der Waals surface area (Å²) in [5.74, 6) is -0.000909. The third-order valence-corrected chi connectivity index (χ3v) is 3.26. The van der Waals surface area contributed by atoms with Gasteiger partial charge >= 0.3 is 0 Å². The lowest BCUT2D eigenvalue weighted by molar-refractivity contribution is 0.118. The molecule has 3 N–H and O–H groups in total. The Morgan fingerprint density at radius 1 is 1.65 bits per heavy atom. The lowest BCUT2D eigenvalue weighted by Gasteiger charge is -2.29. The van der Waals surface area contributed by atoms with Gasteiger partial charge in [0.2, 0.25) is 0 Å². The van der Waals surface area contributed by atoms with Gasteiger partial charge in [0, 0.05) is 19.9 Å². The van der Waals surface area contributed by atoms with Crippen molar-refractivity contribution in [2.24, 2.45) is 5.73 Å². The zero-order chi connectivity index (χ0) is 12.4.